The van der Waals surface area contributed by atoms with Gasteiger partial charge in [0, 0.05) is 29.6 Å². The molecule has 0 aliphatic carbocycles. The number of fused-ring (bicyclic) bond motifs is 1. The molecule has 0 unspecified atom stereocenters. The van der Waals surface area contributed by atoms with Crippen molar-refractivity contribution in [3.63, 3.8) is 0 Å². The summed E-state index contributed by atoms with van der Waals surface area (Å²) in [5, 5.41) is 0.627. The summed E-state index contributed by atoms with van der Waals surface area (Å²) in [7, 11) is 0. The first-order valence-corrected chi connectivity index (χ1v) is 7.64. The van der Waals surface area contributed by atoms with Crippen molar-refractivity contribution in [2.24, 2.45) is 0 Å². The van der Waals surface area contributed by atoms with E-state index in [-0.39, 0.29) is 5.91 Å². The fourth-order valence-electron chi connectivity index (χ4n) is 2.63. The fraction of sp³-hybridized carbons (Fsp3) is 0.211. The first-order valence-electron chi connectivity index (χ1n) is 7.27. The standard InChI is InChI=1S/C19H16ClNO/c1-14-5-7-16-9-10-21(13-17(16)11-14)19(22)8-6-15-3-2-4-18(20)12-15/h2-5,7,11-12H,9-10,13H2,1H3. The van der Waals surface area contributed by atoms with Crippen molar-refractivity contribution in [2.75, 3.05) is 6.54 Å². The Kier molecular flexibility index (Phi) is 4.18. The van der Waals surface area contributed by atoms with Gasteiger partial charge in [-0.15, -0.1) is 0 Å². The smallest absolute Gasteiger partial charge is 0.299 e. The molecule has 0 bridgehead atoms. The quantitative estimate of drug-likeness (QED) is 0.681. The molecule has 0 saturated carbocycles. The zero-order valence-corrected chi connectivity index (χ0v) is 13.2. The van der Waals surface area contributed by atoms with Crippen LogP contribution < -0.4 is 0 Å². The third kappa shape index (κ3) is 3.32. The average molecular weight is 310 g/mol. The number of hydrogen-bond acceptors (Lipinski definition) is 1. The number of amides is 1. The minimum Gasteiger partial charge on any atom is -0.327 e. The van der Waals surface area contributed by atoms with Crippen LogP contribution in [0.5, 0.6) is 0 Å². The lowest BCUT2D eigenvalue weighted by Gasteiger charge is -2.27. The fourth-order valence-corrected chi connectivity index (χ4v) is 2.82. The normalized spacial score (nSPS) is 13.1. The van der Waals surface area contributed by atoms with Crippen LogP contribution in [0, 0.1) is 18.8 Å². The summed E-state index contributed by atoms with van der Waals surface area (Å²) in [5.41, 5.74) is 4.54. The highest BCUT2D eigenvalue weighted by atomic mass is 35.5. The third-order valence-corrected chi connectivity index (χ3v) is 4.03. The molecule has 0 N–H and O–H groups in total. The Morgan fingerprint density at radius 2 is 2.05 bits per heavy atom. The Bertz CT molecular complexity index is 786. The van der Waals surface area contributed by atoms with Gasteiger partial charge in [-0.1, -0.05) is 47.4 Å². The van der Waals surface area contributed by atoms with Gasteiger partial charge in [-0.05, 0) is 42.7 Å². The van der Waals surface area contributed by atoms with Crippen molar-refractivity contribution in [1.82, 2.24) is 4.90 Å². The SMILES string of the molecule is Cc1ccc2c(c1)CN(C(=O)C#Cc1cccc(Cl)c1)CC2. The minimum atomic E-state index is -0.132. The monoisotopic (exact) mass is 309 g/mol. The van der Waals surface area contributed by atoms with E-state index in [2.05, 4.69) is 37.0 Å². The molecule has 1 aliphatic heterocycles. The van der Waals surface area contributed by atoms with Crippen molar-refractivity contribution >= 4 is 17.5 Å². The van der Waals surface area contributed by atoms with E-state index >= 15 is 0 Å². The van der Waals surface area contributed by atoms with E-state index < -0.39 is 0 Å². The predicted octanol–water partition coefficient (Wildman–Crippen LogP) is 3.58. The van der Waals surface area contributed by atoms with Crippen LogP contribution in [0.15, 0.2) is 42.5 Å². The van der Waals surface area contributed by atoms with Crippen molar-refractivity contribution in [1.29, 1.82) is 0 Å². The predicted molar refractivity (Wildman–Crippen MR) is 88.6 cm³/mol. The topological polar surface area (TPSA) is 20.3 Å². The van der Waals surface area contributed by atoms with Gasteiger partial charge in [-0.3, -0.25) is 4.79 Å². The van der Waals surface area contributed by atoms with E-state index in [0.29, 0.717) is 11.6 Å². The molecule has 1 heterocycles. The Labute approximate surface area is 135 Å². The maximum atomic E-state index is 12.3. The van der Waals surface area contributed by atoms with E-state index in [4.69, 9.17) is 11.6 Å². The molecule has 0 fully saturated rings. The lowest BCUT2D eigenvalue weighted by atomic mass is 9.98. The van der Waals surface area contributed by atoms with Crippen LogP contribution >= 0.6 is 11.6 Å². The first kappa shape index (κ1) is 14.7. The largest absolute Gasteiger partial charge is 0.327 e. The molecule has 0 atom stereocenters. The van der Waals surface area contributed by atoms with E-state index in [1.165, 1.54) is 16.7 Å². The van der Waals surface area contributed by atoms with Crippen molar-refractivity contribution in [2.45, 2.75) is 19.9 Å². The number of carbonyl (C=O) groups is 1. The van der Waals surface area contributed by atoms with Crippen molar-refractivity contribution in [3.8, 4) is 11.8 Å². The molecule has 0 aromatic heterocycles. The van der Waals surface area contributed by atoms with Crippen molar-refractivity contribution in [3.05, 3.63) is 69.7 Å². The molecule has 1 amide bonds. The average Bonchev–Trinajstić information content (AvgIpc) is 2.52. The number of carbonyl (C=O) groups excluding carboxylic acids is 1. The zero-order valence-electron chi connectivity index (χ0n) is 12.4. The maximum absolute atomic E-state index is 12.3. The molecule has 3 rings (SSSR count). The van der Waals surface area contributed by atoms with Crippen molar-refractivity contribution < 1.29 is 4.79 Å². The molecule has 3 heteroatoms. The van der Waals surface area contributed by atoms with E-state index in [1.54, 1.807) is 17.0 Å². The van der Waals surface area contributed by atoms with Gasteiger partial charge in [-0.2, -0.15) is 0 Å². The summed E-state index contributed by atoms with van der Waals surface area (Å²) in [5.74, 6) is 5.48. The van der Waals surface area contributed by atoms with Gasteiger partial charge in [0.25, 0.3) is 5.91 Å². The second kappa shape index (κ2) is 6.25. The molecule has 0 radical (unpaired) electrons. The molecule has 1 aliphatic rings. The summed E-state index contributed by atoms with van der Waals surface area (Å²) in [6.45, 7) is 3.43. The number of hydrogen-bond donors (Lipinski definition) is 0. The Hall–Kier alpha value is -2.24. The minimum absolute atomic E-state index is 0.132. The van der Waals surface area contributed by atoms with Gasteiger partial charge in [-0.25, -0.2) is 0 Å². The van der Waals surface area contributed by atoms with Crippen LogP contribution in [0.4, 0.5) is 0 Å². The van der Waals surface area contributed by atoms with Gasteiger partial charge in [0.15, 0.2) is 0 Å². The van der Waals surface area contributed by atoms with E-state index in [1.807, 2.05) is 12.1 Å². The van der Waals surface area contributed by atoms with Crippen LogP contribution in [0.3, 0.4) is 0 Å². The molecule has 2 nitrogen and oxygen atoms in total. The Balaban J connectivity index is 1.75. The Morgan fingerprint density at radius 3 is 2.86 bits per heavy atom. The highest BCUT2D eigenvalue weighted by Crippen LogP contribution is 2.20. The van der Waals surface area contributed by atoms with E-state index in [9.17, 15) is 4.79 Å². The number of aryl methyl sites for hydroxylation is 1. The number of benzene rings is 2. The zero-order chi connectivity index (χ0) is 15.5. The van der Waals surface area contributed by atoms with E-state index in [0.717, 1.165) is 18.5 Å². The van der Waals surface area contributed by atoms with Crippen LogP contribution in [-0.4, -0.2) is 17.4 Å². The van der Waals surface area contributed by atoms with Crippen LogP contribution in [0.2, 0.25) is 5.02 Å². The number of halogens is 1. The lowest BCUT2D eigenvalue weighted by Crippen LogP contribution is -2.35. The Morgan fingerprint density at radius 1 is 1.18 bits per heavy atom. The molecule has 0 spiro atoms. The second-order valence-electron chi connectivity index (χ2n) is 5.51. The third-order valence-electron chi connectivity index (χ3n) is 3.80. The molecule has 110 valence electrons. The van der Waals surface area contributed by atoms with Crippen LogP contribution in [0.25, 0.3) is 0 Å². The van der Waals surface area contributed by atoms with Gasteiger partial charge in [0.1, 0.15) is 0 Å². The molecule has 2 aromatic carbocycles. The summed E-state index contributed by atoms with van der Waals surface area (Å²) < 4.78 is 0. The first-order chi connectivity index (χ1) is 10.6. The summed E-state index contributed by atoms with van der Waals surface area (Å²) in [6.07, 6.45) is 0.889. The molecular weight excluding hydrogens is 294 g/mol. The van der Waals surface area contributed by atoms with Crippen LogP contribution in [0.1, 0.15) is 22.3 Å². The molecule has 0 saturated heterocycles. The number of nitrogens with zero attached hydrogens (tertiary/aromatic N) is 1. The highest BCUT2D eigenvalue weighted by molar-refractivity contribution is 6.30. The lowest BCUT2D eigenvalue weighted by molar-refractivity contribution is -0.125. The van der Waals surface area contributed by atoms with Crippen LogP contribution in [-0.2, 0) is 17.8 Å². The summed E-state index contributed by atoms with van der Waals surface area (Å²) in [6, 6.07) is 13.7. The summed E-state index contributed by atoms with van der Waals surface area (Å²) in [4.78, 5) is 14.1. The van der Waals surface area contributed by atoms with Gasteiger partial charge < -0.3 is 4.90 Å². The molecule has 22 heavy (non-hydrogen) atoms. The maximum Gasteiger partial charge on any atom is 0.299 e. The summed E-state index contributed by atoms with van der Waals surface area (Å²) >= 11 is 5.92. The van der Waals surface area contributed by atoms with Gasteiger partial charge in [0.05, 0.1) is 0 Å². The van der Waals surface area contributed by atoms with Gasteiger partial charge in [0.2, 0.25) is 0 Å². The highest BCUT2D eigenvalue weighted by Gasteiger charge is 2.19. The number of rotatable bonds is 0. The molecule has 2 aromatic rings. The van der Waals surface area contributed by atoms with Gasteiger partial charge >= 0.3 is 0 Å². The second-order valence-corrected chi connectivity index (χ2v) is 5.95. The molecular formula is C19H16ClNO.